The van der Waals surface area contributed by atoms with Crippen molar-refractivity contribution in [3.05, 3.63) is 42.0 Å². The summed E-state index contributed by atoms with van der Waals surface area (Å²) < 4.78 is 18.0. The highest BCUT2D eigenvalue weighted by Gasteiger charge is 2.43. The summed E-state index contributed by atoms with van der Waals surface area (Å²) in [7, 11) is 0. The third-order valence-electron chi connectivity index (χ3n) is 4.74. The van der Waals surface area contributed by atoms with Gasteiger partial charge in [-0.3, -0.25) is 10.3 Å². The van der Waals surface area contributed by atoms with E-state index in [0.29, 0.717) is 38.5 Å². The second-order valence-electron chi connectivity index (χ2n) is 7.16. The average Bonchev–Trinajstić information content (AvgIpc) is 3.24. The molecule has 0 spiro atoms. The van der Waals surface area contributed by atoms with E-state index in [1.165, 1.54) is 0 Å². The average molecular weight is 439 g/mol. The van der Waals surface area contributed by atoms with Crippen LogP contribution in [0.2, 0.25) is 0 Å². The van der Waals surface area contributed by atoms with Crippen molar-refractivity contribution in [2.24, 2.45) is 0 Å². The molecule has 5 unspecified atom stereocenters. The summed E-state index contributed by atoms with van der Waals surface area (Å²) in [6.07, 6.45) is -1.82. The van der Waals surface area contributed by atoms with E-state index < -0.39 is 37.3 Å². The summed E-state index contributed by atoms with van der Waals surface area (Å²) in [6.45, 7) is 1.33. The molecule has 0 aliphatic carbocycles. The number of hydrogen-bond acceptors (Lipinski definition) is 11. The first kappa shape index (κ1) is 23.6. The topological polar surface area (TPSA) is 164 Å². The van der Waals surface area contributed by atoms with Crippen molar-refractivity contribution in [1.82, 2.24) is 25.3 Å². The number of aliphatic hydroxyl groups is 4. The minimum atomic E-state index is -1.39. The molecule has 12 nitrogen and oxygen atoms in total. The van der Waals surface area contributed by atoms with Crippen molar-refractivity contribution in [2.75, 3.05) is 19.8 Å². The number of aromatic nitrogens is 4. The zero-order chi connectivity index (χ0) is 22.1. The zero-order valence-corrected chi connectivity index (χ0v) is 17.0. The fourth-order valence-corrected chi connectivity index (χ4v) is 3.06. The van der Waals surface area contributed by atoms with Gasteiger partial charge in [-0.2, -0.15) is 0 Å². The summed E-state index contributed by atoms with van der Waals surface area (Å²) in [6, 6.07) is 5.64. The van der Waals surface area contributed by atoms with Crippen molar-refractivity contribution in [1.29, 1.82) is 0 Å². The number of ether oxygens (including phenoxy) is 3. The molecule has 3 rings (SSSR count). The highest BCUT2D eigenvalue weighted by atomic mass is 16.6. The zero-order valence-electron chi connectivity index (χ0n) is 17.0. The van der Waals surface area contributed by atoms with Crippen LogP contribution in [-0.2, 0) is 34.2 Å². The van der Waals surface area contributed by atoms with Crippen LogP contribution < -0.4 is 5.32 Å². The van der Waals surface area contributed by atoms with Gasteiger partial charge in [0, 0.05) is 6.20 Å². The first-order valence-corrected chi connectivity index (χ1v) is 10.1. The number of nitrogens with zero attached hydrogens (tertiary/aromatic N) is 4. The van der Waals surface area contributed by atoms with Crippen LogP contribution in [0.4, 0.5) is 0 Å². The van der Waals surface area contributed by atoms with Crippen molar-refractivity contribution >= 4 is 0 Å². The lowest BCUT2D eigenvalue weighted by Crippen LogP contribution is -2.62. The predicted octanol–water partition coefficient (Wildman–Crippen LogP) is -1.86. The van der Waals surface area contributed by atoms with Crippen LogP contribution in [0, 0.1) is 0 Å². The third-order valence-corrected chi connectivity index (χ3v) is 4.74. The van der Waals surface area contributed by atoms with E-state index >= 15 is 0 Å². The van der Waals surface area contributed by atoms with E-state index in [9.17, 15) is 20.4 Å². The highest BCUT2D eigenvalue weighted by Crippen LogP contribution is 2.19. The molecule has 1 aliphatic heterocycles. The third kappa shape index (κ3) is 6.98. The lowest BCUT2D eigenvalue weighted by Gasteiger charge is -2.40. The van der Waals surface area contributed by atoms with E-state index in [1.54, 1.807) is 17.1 Å². The predicted molar refractivity (Wildman–Crippen MR) is 105 cm³/mol. The van der Waals surface area contributed by atoms with E-state index in [4.69, 9.17) is 14.2 Å². The molecule has 0 aromatic carbocycles. The highest BCUT2D eigenvalue weighted by molar-refractivity contribution is 5.02. The standard InChI is InChI=1S/C19H29N5O7/c25-9-15-16(26)17(27)18(28)19(31-15)21-6-3-7-29-12-24-8-14(22-23-24)11-30-10-13-4-1-2-5-20-13/h1-2,4-5,8,15-19,21,25-28H,3,6-7,9-12H2. The van der Waals surface area contributed by atoms with Crippen molar-refractivity contribution in [3.63, 3.8) is 0 Å². The lowest BCUT2D eigenvalue weighted by molar-refractivity contribution is -0.236. The number of pyridine rings is 1. The number of rotatable bonds is 12. The SMILES string of the molecule is OCC1OC(NCCCOCn2cc(COCc3ccccn3)nn2)C(O)C(O)C1O. The molecular weight excluding hydrogens is 410 g/mol. The Morgan fingerprint density at radius 1 is 1.06 bits per heavy atom. The number of nitrogens with one attached hydrogen (secondary N) is 1. The molecule has 0 amide bonds. The Morgan fingerprint density at radius 2 is 1.90 bits per heavy atom. The molecule has 1 fully saturated rings. The van der Waals surface area contributed by atoms with Gasteiger partial charge in [-0.05, 0) is 25.1 Å². The van der Waals surface area contributed by atoms with Gasteiger partial charge in [-0.25, -0.2) is 4.68 Å². The molecule has 1 aliphatic rings. The van der Waals surface area contributed by atoms with Gasteiger partial charge in [-0.1, -0.05) is 11.3 Å². The lowest BCUT2D eigenvalue weighted by atomic mass is 9.98. The van der Waals surface area contributed by atoms with Crippen LogP contribution in [0.25, 0.3) is 0 Å². The summed E-state index contributed by atoms with van der Waals surface area (Å²) >= 11 is 0. The first-order valence-electron chi connectivity index (χ1n) is 10.1. The van der Waals surface area contributed by atoms with E-state index in [1.807, 2.05) is 18.2 Å². The summed E-state index contributed by atoms with van der Waals surface area (Å²) in [4.78, 5) is 4.18. The summed E-state index contributed by atoms with van der Waals surface area (Å²) in [5.74, 6) is 0. The largest absolute Gasteiger partial charge is 0.394 e. The second kappa shape index (κ2) is 12.1. The molecule has 5 N–H and O–H groups in total. The van der Waals surface area contributed by atoms with Gasteiger partial charge in [0.1, 0.15) is 43.1 Å². The fourth-order valence-electron chi connectivity index (χ4n) is 3.06. The van der Waals surface area contributed by atoms with Crippen LogP contribution in [0.15, 0.2) is 30.6 Å². The van der Waals surface area contributed by atoms with Crippen LogP contribution in [0.3, 0.4) is 0 Å². The Hall–Kier alpha value is -2.03. The maximum Gasteiger partial charge on any atom is 0.141 e. The maximum absolute atomic E-state index is 9.96. The molecule has 0 bridgehead atoms. The second-order valence-corrected chi connectivity index (χ2v) is 7.16. The summed E-state index contributed by atoms with van der Waals surface area (Å²) in [5, 5.41) is 49.6. The van der Waals surface area contributed by atoms with Crippen LogP contribution in [0.1, 0.15) is 17.8 Å². The monoisotopic (exact) mass is 439 g/mol. The molecule has 2 aromatic heterocycles. The summed E-state index contributed by atoms with van der Waals surface area (Å²) in [5.41, 5.74) is 1.53. The Kier molecular flexibility index (Phi) is 9.24. The number of hydrogen-bond donors (Lipinski definition) is 5. The van der Waals surface area contributed by atoms with E-state index in [0.717, 1.165) is 5.69 Å². The van der Waals surface area contributed by atoms with Gasteiger partial charge in [-0.15, -0.1) is 5.10 Å². The van der Waals surface area contributed by atoms with Crippen molar-refractivity contribution in [3.8, 4) is 0 Å². The van der Waals surface area contributed by atoms with Gasteiger partial charge in [0.05, 0.1) is 38.3 Å². The van der Waals surface area contributed by atoms with Gasteiger partial charge < -0.3 is 34.6 Å². The normalized spacial score (nSPS) is 26.3. The minimum Gasteiger partial charge on any atom is -0.394 e. The molecule has 172 valence electrons. The Labute approximate surface area is 179 Å². The molecular formula is C19H29N5O7. The van der Waals surface area contributed by atoms with Crippen molar-refractivity contribution in [2.45, 2.75) is 57.0 Å². The van der Waals surface area contributed by atoms with Gasteiger partial charge >= 0.3 is 0 Å². The van der Waals surface area contributed by atoms with Crippen LogP contribution >= 0.6 is 0 Å². The molecule has 1 saturated heterocycles. The van der Waals surface area contributed by atoms with Gasteiger partial charge in [0.15, 0.2) is 0 Å². The van der Waals surface area contributed by atoms with Crippen LogP contribution in [0.5, 0.6) is 0 Å². The van der Waals surface area contributed by atoms with Gasteiger partial charge in [0.2, 0.25) is 0 Å². The fraction of sp³-hybridized carbons (Fsp3) is 0.632. The minimum absolute atomic E-state index is 0.229. The first-order chi connectivity index (χ1) is 15.1. The maximum atomic E-state index is 9.96. The van der Waals surface area contributed by atoms with Gasteiger partial charge in [0.25, 0.3) is 0 Å². The van der Waals surface area contributed by atoms with Crippen molar-refractivity contribution < 1.29 is 34.6 Å². The van der Waals surface area contributed by atoms with E-state index in [-0.39, 0.29) is 6.73 Å². The Morgan fingerprint density at radius 3 is 2.68 bits per heavy atom. The smallest absolute Gasteiger partial charge is 0.141 e. The Balaban J connectivity index is 1.27. The molecule has 0 saturated carbocycles. The van der Waals surface area contributed by atoms with E-state index in [2.05, 4.69) is 20.6 Å². The Bertz CT molecular complexity index is 763. The quantitative estimate of drug-likeness (QED) is 0.236. The molecule has 31 heavy (non-hydrogen) atoms. The molecule has 2 aromatic rings. The molecule has 0 radical (unpaired) electrons. The molecule has 5 atom stereocenters. The van der Waals surface area contributed by atoms with Crippen LogP contribution in [-0.4, -0.2) is 90.8 Å². The molecule has 3 heterocycles. The molecule has 12 heteroatoms. The number of aliphatic hydroxyl groups excluding tert-OH is 4.